The maximum Gasteiger partial charge on any atom is 0.106 e. The Morgan fingerprint density at radius 3 is 2.17 bits per heavy atom. The lowest BCUT2D eigenvalue weighted by Gasteiger charge is -2.57. The predicted molar refractivity (Wildman–Crippen MR) is 160 cm³/mol. The van der Waals surface area contributed by atoms with Gasteiger partial charge in [0.05, 0.1) is 21.1 Å². The summed E-state index contributed by atoms with van der Waals surface area (Å²) in [5, 5.41) is 8.28. The first-order valence-corrected chi connectivity index (χ1v) is 14.2. The molecule has 0 aliphatic heterocycles. The van der Waals surface area contributed by atoms with Gasteiger partial charge in [0.15, 0.2) is 0 Å². The number of carbonyl (C=O) groups is 1. The summed E-state index contributed by atoms with van der Waals surface area (Å²) in [7, 11) is 7.86. The van der Waals surface area contributed by atoms with Crippen LogP contribution in [-0.2, 0) is 4.79 Å². The van der Waals surface area contributed by atoms with Crippen molar-refractivity contribution in [3.8, 4) is 0 Å². The normalized spacial score (nSPS) is 33.9. The monoisotopic (exact) mass is 507 g/mol. The Bertz CT molecular complexity index is 704. The van der Waals surface area contributed by atoms with E-state index in [1.807, 2.05) is 12.9 Å². The minimum absolute atomic E-state index is 0. The molecule has 3 saturated carbocycles. The third-order valence-electron chi connectivity index (χ3n) is 9.18. The number of carbonyl (C=O) groups excluding carboxylic acids is 1. The van der Waals surface area contributed by atoms with Crippen LogP contribution in [0.4, 0.5) is 0 Å². The van der Waals surface area contributed by atoms with Crippen LogP contribution in [-0.4, -0.2) is 51.8 Å². The summed E-state index contributed by atoms with van der Waals surface area (Å²) in [6.07, 6.45) is 16.1. The van der Waals surface area contributed by atoms with Crippen molar-refractivity contribution in [2.45, 2.75) is 92.4 Å². The van der Waals surface area contributed by atoms with E-state index in [9.17, 15) is 0 Å². The average molecular weight is 508 g/mol. The molecule has 3 fully saturated rings. The van der Waals surface area contributed by atoms with Gasteiger partial charge in [0.1, 0.15) is 6.79 Å². The fourth-order valence-corrected chi connectivity index (χ4v) is 7.77. The lowest BCUT2D eigenvalue weighted by molar-refractivity contribution is -0.915. The van der Waals surface area contributed by atoms with Gasteiger partial charge in [-0.2, -0.15) is 5.43 Å². The van der Waals surface area contributed by atoms with Crippen molar-refractivity contribution >= 4 is 12.5 Å². The number of nitrogens with zero attached hydrogens (tertiary/aromatic N) is 1. The third-order valence-corrected chi connectivity index (χ3v) is 9.18. The molecule has 0 radical (unpaired) electrons. The van der Waals surface area contributed by atoms with Crippen molar-refractivity contribution < 1.29 is 10.8 Å². The molecule has 0 aromatic carbocycles. The maximum absolute atomic E-state index is 8.28. The minimum Gasteiger partial charge on any atom is -0.333 e. The van der Waals surface area contributed by atoms with E-state index in [1.54, 1.807) is 5.57 Å². The number of hydrogen-bond donors (Lipinski definition) is 3. The van der Waals surface area contributed by atoms with Crippen molar-refractivity contribution in [1.82, 2.24) is 5.43 Å². The summed E-state index contributed by atoms with van der Waals surface area (Å²) in [4.78, 5) is 8.00. The van der Waals surface area contributed by atoms with E-state index in [4.69, 9.17) is 10.2 Å². The number of hydrogen-bond acceptors (Lipinski definition) is 4. The van der Waals surface area contributed by atoms with Crippen molar-refractivity contribution in [1.29, 1.82) is 5.41 Å². The second-order valence-electron chi connectivity index (χ2n) is 12.3. The molecule has 6 atom stereocenters. The highest BCUT2D eigenvalue weighted by atomic mass is 16.1. The molecule has 0 amide bonds. The van der Waals surface area contributed by atoms with Gasteiger partial charge in [-0.3, -0.25) is 4.59 Å². The molecular formula is C31H63N4O+. The standard InChI is InChI=1S/C23H37N.C6H17N2.CH5N.CH2O.H2/c1-6-8-17-9-10-18-20-12-11-19(16(3)24)23(20,5)15-13-21(18)22(17,4)14-7-2;1-5-6-7-8(2,3)4;2*1-2;/h6,8,18-21,24H,1,7,9-15H2,2-5H3;7H,5-6H2,1-4H3;2H2,1H3;1H2;1H/q;+1;;;/b17-8-,24-16?;;;;. The Kier molecular flexibility index (Phi) is 15.3. The van der Waals surface area contributed by atoms with Crippen LogP contribution >= 0.6 is 0 Å². The molecule has 0 bridgehead atoms. The second kappa shape index (κ2) is 15.8. The summed E-state index contributed by atoms with van der Waals surface area (Å²) >= 11 is 0. The van der Waals surface area contributed by atoms with Crippen LogP contribution in [0.1, 0.15) is 93.8 Å². The van der Waals surface area contributed by atoms with Crippen LogP contribution in [0.2, 0.25) is 0 Å². The molecule has 212 valence electrons. The molecule has 3 rings (SSSR count). The van der Waals surface area contributed by atoms with Crippen LogP contribution < -0.4 is 11.2 Å². The number of nitrogens with two attached hydrogens (primary N) is 1. The molecule has 3 aliphatic rings. The molecule has 0 aromatic rings. The lowest BCUT2D eigenvalue weighted by atomic mass is 9.47. The van der Waals surface area contributed by atoms with Gasteiger partial charge >= 0.3 is 0 Å². The summed E-state index contributed by atoms with van der Waals surface area (Å²) in [5.41, 5.74) is 11.2. The van der Waals surface area contributed by atoms with Gasteiger partial charge < -0.3 is 15.9 Å². The molecule has 0 saturated heterocycles. The molecular weight excluding hydrogens is 444 g/mol. The van der Waals surface area contributed by atoms with E-state index in [0.717, 1.165) is 34.6 Å². The van der Waals surface area contributed by atoms with Crippen molar-refractivity contribution in [2.24, 2.45) is 40.2 Å². The number of rotatable bonds is 7. The smallest absolute Gasteiger partial charge is 0.106 e. The van der Waals surface area contributed by atoms with Crippen LogP contribution in [0, 0.1) is 39.9 Å². The van der Waals surface area contributed by atoms with E-state index in [1.165, 1.54) is 64.8 Å². The van der Waals surface area contributed by atoms with E-state index >= 15 is 0 Å². The van der Waals surface area contributed by atoms with Crippen LogP contribution in [0.25, 0.3) is 0 Å². The van der Waals surface area contributed by atoms with Gasteiger partial charge in [-0.25, -0.2) is 0 Å². The van der Waals surface area contributed by atoms with Gasteiger partial charge in [0.25, 0.3) is 0 Å². The van der Waals surface area contributed by atoms with Gasteiger partial charge in [0, 0.05) is 19.6 Å². The highest BCUT2D eigenvalue weighted by Gasteiger charge is 2.58. The molecule has 0 heterocycles. The van der Waals surface area contributed by atoms with Crippen LogP contribution in [0.5, 0.6) is 0 Å². The molecule has 36 heavy (non-hydrogen) atoms. The van der Waals surface area contributed by atoms with Crippen LogP contribution in [0.15, 0.2) is 24.3 Å². The molecule has 5 nitrogen and oxygen atoms in total. The summed E-state index contributed by atoms with van der Waals surface area (Å²) in [6.45, 7) is 18.7. The highest BCUT2D eigenvalue weighted by molar-refractivity contribution is 5.82. The van der Waals surface area contributed by atoms with Crippen molar-refractivity contribution in [2.75, 3.05) is 34.7 Å². The predicted octanol–water partition coefficient (Wildman–Crippen LogP) is 7.04. The fraction of sp³-hybridized carbons (Fsp3) is 0.806. The molecule has 0 spiro atoms. The summed E-state index contributed by atoms with van der Waals surface area (Å²) in [5.74, 6) is 3.13. The molecule has 6 unspecified atom stereocenters. The van der Waals surface area contributed by atoms with E-state index in [2.05, 4.69) is 79.6 Å². The van der Waals surface area contributed by atoms with Crippen molar-refractivity contribution in [3.05, 3.63) is 24.3 Å². The largest absolute Gasteiger partial charge is 0.333 e. The van der Waals surface area contributed by atoms with Crippen molar-refractivity contribution in [3.63, 3.8) is 0 Å². The third kappa shape index (κ3) is 8.36. The zero-order chi connectivity index (χ0) is 28.2. The first-order valence-electron chi connectivity index (χ1n) is 14.2. The molecule has 0 aromatic heterocycles. The van der Waals surface area contributed by atoms with Gasteiger partial charge in [-0.1, -0.05) is 58.4 Å². The van der Waals surface area contributed by atoms with Gasteiger partial charge in [0.2, 0.25) is 0 Å². The van der Waals surface area contributed by atoms with Gasteiger partial charge in [-0.15, -0.1) is 0 Å². The van der Waals surface area contributed by atoms with E-state index in [0.29, 0.717) is 16.7 Å². The lowest BCUT2D eigenvalue weighted by Crippen LogP contribution is -2.50. The molecule has 4 N–H and O–H groups in total. The average Bonchev–Trinajstić information content (AvgIpc) is 3.20. The Hall–Kier alpha value is -1.30. The second-order valence-corrected chi connectivity index (χ2v) is 12.3. The number of allylic oxidation sites excluding steroid dienone is 3. The maximum atomic E-state index is 8.28. The van der Waals surface area contributed by atoms with E-state index < -0.39 is 0 Å². The zero-order valence-corrected chi connectivity index (χ0v) is 25.4. The number of fused-ring (bicyclic) bond motifs is 3. The molecule has 5 heteroatoms. The Morgan fingerprint density at radius 2 is 1.72 bits per heavy atom. The topological polar surface area (TPSA) is 79.0 Å². The zero-order valence-electron chi connectivity index (χ0n) is 25.4. The quantitative estimate of drug-likeness (QED) is 0.196. The Balaban J connectivity index is 0. The first kappa shape index (κ1) is 34.7. The summed E-state index contributed by atoms with van der Waals surface area (Å²) in [6, 6.07) is 0. The number of quaternary nitrogens is 1. The summed E-state index contributed by atoms with van der Waals surface area (Å²) < 4.78 is 0.855. The minimum atomic E-state index is 0. The fourth-order valence-electron chi connectivity index (χ4n) is 7.77. The molecule has 3 aliphatic carbocycles. The highest BCUT2D eigenvalue weighted by Crippen LogP contribution is 2.66. The number of nitrogens with one attached hydrogen (secondary N) is 2. The van der Waals surface area contributed by atoms with Gasteiger partial charge in [-0.05, 0) is 93.9 Å². The Morgan fingerprint density at radius 1 is 1.11 bits per heavy atom. The SMILES string of the molecule is C=C/C=C1/CCC2C(CCC3(C)C(C(C)=N)CCC23)C1(C)CCC.C=O.CCCN[N+](C)(C)C.CN.[HH]. The first-order chi connectivity index (χ1) is 16.9. The Labute approximate surface area is 225 Å². The van der Waals surface area contributed by atoms with Crippen LogP contribution in [0.3, 0.4) is 0 Å². The van der Waals surface area contributed by atoms with E-state index in [-0.39, 0.29) is 1.43 Å².